The molecule has 0 aromatic heterocycles. The van der Waals surface area contributed by atoms with Crippen LogP contribution in [0.25, 0.3) is 0 Å². The van der Waals surface area contributed by atoms with E-state index in [2.05, 4.69) is 5.32 Å². The average molecular weight is 427 g/mol. The molecule has 0 aliphatic carbocycles. The summed E-state index contributed by atoms with van der Waals surface area (Å²) in [5, 5.41) is 22.5. The van der Waals surface area contributed by atoms with Gasteiger partial charge in [-0.05, 0) is 45.4 Å². The third kappa shape index (κ3) is 9.30. The summed E-state index contributed by atoms with van der Waals surface area (Å²) < 4.78 is 9.93. The minimum absolute atomic E-state index is 0.0937. The number of amides is 2. The van der Waals surface area contributed by atoms with Crippen LogP contribution in [-0.2, 0) is 30.5 Å². The first-order chi connectivity index (χ1) is 13.9. The van der Waals surface area contributed by atoms with Gasteiger partial charge in [0.1, 0.15) is 18.2 Å². The smallest absolute Gasteiger partial charge is 0.408 e. The van der Waals surface area contributed by atoms with E-state index < -0.39 is 47.2 Å². The van der Waals surface area contributed by atoms with E-state index in [1.807, 2.05) is 5.48 Å². The monoisotopic (exact) mass is 427 g/mol. The van der Waals surface area contributed by atoms with Crippen LogP contribution in [0.1, 0.15) is 33.3 Å². The van der Waals surface area contributed by atoms with Crippen molar-refractivity contribution >= 4 is 23.7 Å². The van der Waals surface area contributed by atoms with Crippen LogP contribution in [0.5, 0.6) is 0 Å². The molecule has 0 saturated heterocycles. The Morgan fingerprint density at radius 3 is 2.30 bits per heavy atom. The summed E-state index contributed by atoms with van der Waals surface area (Å²) in [6.45, 7) is 5.39. The topological polar surface area (TPSA) is 166 Å². The van der Waals surface area contributed by atoms with E-state index in [9.17, 15) is 29.6 Å². The van der Waals surface area contributed by atoms with Crippen LogP contribution in [0.2, 0.25) is 0 Å². The first-order valence-electron chi connectivity index (χ1n) is 8.87. The number of rotatable bonds is 9. The Labute approximate surface area is 172 Å². The minimum Gasteiger partial charge on any atom is -0.459 e. The van der Waals surface area contributed by atoms with Gasteiger partial charge in [0.15, 0.2) is 6.61 Å². The highest BCUT2D eigenvalue weighted by Crippen LogP contribution is 2.12. The Hall–Kier alpha value is -3.25. The zero-order valence-electron chi connectivity index (χ0n) is 17.0. The lowest BCUT2D eigenvalue weighted by molar-refractivity contribution is -0.384. The van der Waals surface area contributed by atoms with E-state index in [-0.39, 0.29) is 12.3 Å². The highest BCUT2D eigenvalue weighted by Gasteiger charge is 2.28. The van der Waals surface area contributed by atoms with Gasteiger partial charge < -0.3 is 19.9 Å². The lowest BCUT2D eigenvalue weighted by atomic mass is 10.2. The summed E-state index contributed by atoms with van der Waals surface area (Å²) in [6.07, 6.45) is -2.18. The van der Waals surface area contributed by atoms with Gasteiger partial charge in [-0.1, -0.05) is 0 Å². The number of nitrogens with one attached hydrogen (secondary N) is 2. The number of nitro benzene ring substituents is 1. The normalized spacial score (nSPS) is 13.0. The molecule has 30 heavy (non-hydrogen) atoms. The lowest BCUT2D eigenvalue weighted by Crippen LogP contribution is -2.53. The van der Waals surface area contributed by atoms with Gasteiger partial charge in [-0.25, -0.2) is 15.1 Å². The SMILES string of the molecule is C[C@H](O)[C@H](NC(=O)OC(C)(C)C)C(=O)NOCC(=O)OCc1ccc([N+](=O)[O-])cc1. The number of ether oxygens (including phenoxy) is 2. The number of alkyl carbamates (subject to hydrolysis) is 1. The number of hydroxylamine groups is 1. The predicted molar refractivity (Wildman–Crippen MR) is 102 cm³/mol. The Balaban J connectivity index is 2.42. The number of aliphatic hydroxyl groups excluding tert-OH is 1. The van der Waals surface area contributed by atoms with Crippen LogP contribution >= 0.6 is 0 Å². The molecule has 0 aliphatic rings. The van der Waals surface area contributed by atoms with Crippen LogP contribution in [-0.4, -0.2) is 52.4 Å². The number of aliphatic hydroxyl groups is 1. The Morgan fingerprint density at radius 2 is 1.80 bits per heavy atom. The van der Waals surface area contributed by atoms with Gasteiger partial charge in [0.25, 0.3) is 11.6 Å². The van der Waals surface area contributed by atoms with Gasteiger partial charge in [0, 0.05) is 12.1 Å². The molecule has 1 aromatic rings. The van der Waals surface area contributed by atoms with Crippen molar-refractivity contribution in [2.45, 2.75) is 52.0 Å². The fourth-order valence-corrected chi connectivity index (χ4v) is 1.99. The number of hydrogen-bond donors (Lipinski definition) is 3. The number of carbonyl (C=O) groups is 3. The van der Waals surface area contributed by atoms with Crippen molar-refractivity contribution in [3.05, 3.63) is 39.9 Å². The van der Waals surface area contributed by atoms with Crippen molar-refractivity contribution in [1.82, 2.24) is 10.8 Å². The van der Waals surface area contributed by atoms with E-state index in [1.165, 1.54) is 31.2 Å². The van der Waals surface area contributed by atoms with Crippen LogP contribution in [0, 0.1) is 10.1 Å². The van der Waals surface area contributed by atoms with Gasteiger partial charge in [0.05, 0.1) is 11.0 Å². The molecule has 166 valence electrons. The van der Waals surface area contributed by atoms with E-state index >= 15 is 0 Å². The minimum atomic E-state index is -1.38. The molecule has 0 unspecified atom stereocenters. The molecule has 0 spiro atoms. The number of esters is 1. The van der Waals surface area contributed by atoms with Crippen molar-refractivity contribution in [3.63, 3.8) is 0 Å². The van der Waals surface area contributed by atoms with E-state index in [0.29, 0.717) is 5.56 Å². The highest BCUT2D eigenvalue weighted by atomic mass is 16.7. The number of benzene rings is 1. The predicted octanol–water partition coefficient (Wildman–Crippen LogP) is 0.960. The average Bonchev–Trinajstić information content (AvgIpc) is 2.63. The summed E-state index contributed by atoms with van der Waals surface area (Å²) >= 11 is 0. The fourth-order valence-electron chi connectivity index (χ4n) is 1.99. The number of hydrogen-bond acceptors (Lipinski definition) is 9. The van der Waals surface area contributed by atoms with Gasteiger partial charge in [0.2, 0.25) is 0 Å². The molecule has 12 nitrogen and oxygen atoms in total. The van der Waals surface area contributed by atoms with Gasteiger partial charge in [-0.3, -0.25) is 19.7 Å². The van der Waals surface area contributed by atoms with Crippen LogP contribution in [0.3, 0.4) is 0 Å². The molecule has 0 heterocycles. The van der Waals surface area contributed by atoms with Crippen LogP contribution < -0.4 is 10.8 Å². The van der Waals surface area contributed by atoms with Gasteiger partial charge in [-0.15, -0.1) is 0 Å². The summed E-state index contributed by atoms with van der Waals surface area (Å²) in [7, 11) is 0. The van der Waals surface area contributed by atoms with Gasteiger partial charge in [-0.2, -0.15) is 0 Å². The zero-order valence-corrected chi connectivity index (χ0v) is 17.0. The summed E-state index contributed by atoms with van der Waals surface area (Å²) in [5.41, 5.74) is 1.57. The standard InChI is InChI=1S/C18H25N3O9/c1-11(22)15(19-17(25)30-18(2,3)4)16(24)20-29-10-14(23)28-9-12-5-7-13(8-6-12)21(26)27/h5-8,11,15,22H,9-10H2,1-4H3,(H,19,25)(H,20,24)/t11-,15-/m0/s1. The summed E-state index contributed by atoms with van der Waals surface area (Å²) in [5.74, 6) is -1.72. The molecule has 3 N–H and O–H groups in total. The molecule has 0 aliphatic heterocycles. The molecule has 1 rings (SSSR count). The van der Waals surface area contributed by atoms with E-state index in [4.69, 9.17) is 14.3 Å². The van der Waals surface area contributed by atoms with E-state index in [0.717, 1.165) is 0 Å². The van der Waals surface area contributed by atoms with Crippen molar-refractivity contribution < 1.29 is 38.7 Å². The van der Waals surface area contributed by atoms with Gasteiger partial charge >= 0.3 is 12.1 Å². The molecule has 1 aromatic carbocycles. The molecule has 2 atom stereocenters. The molecule has 0 bridgehead atoms. The first-order valence-corrected chi connectivity index (χ1v) is 8.87. The maximum Gasteiger partial charge on any atom is 0.408 e. The molecule has 0 radical (unpaired) electrons. The Kier molecular flexibility index (Phi) is 9.15. The van der Waals surface area contributed by atoms with Crippen molar-refractivity contribution in [2.24, 2.45) is 0 Å². The molecule has 0 saturated carbocycles. The molecular weight excluding hydrogens is 402 g/mol. The largest absolute Gasteiger partial charge is 0.459 e. The third-order valence-corrected chi connectivity index (χ3v) is 3.35. The summed E-state index contributed by atoms with van der Waals surface area (Å²) in [6, 6.07) is 4.03. The molecule has 0 fully saturated rings. The number of nitrogens with zero attached hydrogens (tertiary/aromatic N) is 1. The quantitative estimate of drug-likeness (QED) is 0.295. The van der Waals surface area contributed by atoms with Crippen molar-refractivity contribution in [2.75, 3.05) is 6.61 Å². The molecule has 2 amide bonds. The van der Waals surface area contributed by atoms with Crippen LogP contribution in [0.15, 0.2) is 24.3 Å². The van der Waals surface area contributed by atoms with Crippen molar-refractivity contribution in [3.8, 4) is 0 Å². The maximum absolute atomic E-state index is 12.1. The fraction of sp³-hybridized carbons (Fsp3) is 0.500. The number of non-ortho nitro benzene ring substituents is 1. The second-order valence-electron chi connectivity index (χ2n) is 7.20. The summed E-state index contributed by atoms with van der Waals surface area (Å²) in [4.78, 5) is 50.3. The van der Waals surface area contributed by atoms with E-state index in [1.54, 1.807) is 20.8 Å². The Bertz CT molecular complexity index is 757. The van der Waals surface area contributed by atoms with Crippen molar-refractivity contribution in [1.29, 1.82) is 0 Å². The number of carbonyl (C=O) groups excluding carboxylic acids is 3. The second kappa shape index (κ2) is 11.1. The third-order valence-electron chi connectivity index (χ3n) is 3.35. The van der Waals surface area contributed by atoms with Crippen LogP contribution in [0.4, 0.5) is 10.5 Å². The first kappa shape index (κ1) is 24.8. The second-order valence-corrected chi connectivity index (χ2v) is 7.20. The lowest BCUT2D eigenvalue weighted by Gasteiger charge is -2.24. The Morgan fingerprint density at radius 1 is 1.20 bits per heavy atom. The zero-order chi connectivity index (χ0) is 22.9. The number of nitro groups is 1. The molecular formula is C18H25N3O9. The maximum atomic E-state index is 12.1. The highest BCUT2D eigenvalue weighted by molar-refractivity contribution is 5.85. The molecule has 12 heteroatoms.